The Balaban J connectivity index is 1.68. The van der Waals surface area contributed by atoms with E-state index in [9.17, 15) is 9.59 Å². The third-order valence-corrected chi connectivity index (χ3v) is 5.89. The first-order valence-corrected chi connectivity index (χ1v) is 10.0. The average molecular weight is 409 g/mol. The zero-order chi connectivity index (χ0) is 19.7. The predicted molar refractivity (Wildman–Crippen MR) is 116 cm³/mol. The fourth-order valence-electron chi connectivity index (χ4n) is 3.16. The maximum Gasteiger partial charge on any atom is 0.303 e. The molecule has 1 aliphatic rings. The Labute approximate surface area is 171 Å². The zero-order valence-corrected chi connectivity index (χ0v) is 16.4. The van der Waals surface area contributed by atoms with E-state index >= 15 is 0 Å². The van der Waals surface area contributed by atoms with Crippen molar-refractivity contribution >= 4 is 68.1 Å². The number of carboxylic acids is 1. The van der Waals surface area contributed by atoms with Gasteiger partial charge in [-0.25, -0.2) is 4.98 Å². The van der Waals surface area contributed by atoms with Crippen LogP contribution in [0.1, 0.15) is 18.4 Å². The molecule has 0 saturated carbocycles. The smallest absolute Gasteiger partial charge is 0.303 e. The van der Waals surface area contributed by atoms with Gasteiger partial charge in [0.15, 0.2) is 0 Å². The number of rotatable bonds is 5. The lowest BCUT2D eigenvalue weighted by molar-refractivity contribution is -0.137. The van der Waals surface area contributed by atoms with E-state index in [-0.39, 0.29) is 12.3 Å². The number of amides is 1. The van der Waals surface area contributed by atoms with Gasteiger partial charge >= 0.3 is 5.97 Å². The van der Waals surface area contributed by atoms with Crippen LogP contribution in [0, 0.1) is 0 Å². The second kappa shape index (κ2) is 7.69. The molecule has 0 atom stereocenters. The SMILES string of the molecule is O=C(O)CCCN1C(=O)/C(=C/c2cccc3cc4ccccc4nc23)SC1=S. The molecule has 1 saturated heterocycles. The number of aliphatic carboxylic acids is 1. The first-order valence-electron chi connectivity index (χ1n) is 8.78. The lowest BCUT2D eigenvalue weighted by atomic mass is 10.1. The molecule has 3 aromatic rings. The van der Waals surface area contributed by atoms with E-state index < -0.39 is 5.97 Å². The number of carbonyl (C=O) groups is 2. The number of hydrogen-bond acceptors (Lipinski definition) is 5. The van der Waals surface area contributed by atoms with Crippen LogP contribution in [0.4, 0.5) is 0 Å². The van der Waals surface area contributed by atoms with Crippen LogP contribution in [-0.2, 0) is 9.59 Å². The highest BCUT2D eigenvalue weighted by Crippen LogP contribution is 2.34. The predicted octanol–water partition coefficient (Wildman–Crippen LogP) is 4.45. The zero-order valence-electron chi connectivity index (χ0n) is 14.8. The van der Waals surface area contributed by atoms with Gasteiger partial charge in [-0.1, -0.05) is 60.4 Å². The molecule has 1 amide bonds. The van der Waals surface area contributed by atoms with Gasteiger partial charge in [-0.2, -0.15) is 0 Å². The van der Waals surface area contributed by atoms with Crippen molar-refractivity contribution in [3.63, 3.8) is 0 Å². The van der Waals surface area contributed by atoms with Crippen molar-refractivity contribution in [2.24, 2.45) is 0 Å². The molecule has 0 aliphatic carbocycles. The third-order valence-electron chi connectivity index (χ3n) is 4.51. The Hall–Kier alpha value is -2.77. The second-order valence-corrected chi connectivity index (χ2v) is 8.11. The number of nitrogens with zero attached hydrogens (tertiary/aromatic N) is 2. The summed E-state index contributed by atoms with van der Waals surface area (Å²) in [6.45, 7) is 0.312. The largest absolute Gasteiger partial charge is 0.481 e. The molecule has 2 heterocycles. The van der Waals surface area contributed by atoms with Gasteiger partial charge in [-0.3, -0.25) is 14.5 Å². The summed E-state index contributed by atoms with van der Waals surface area (Å²) >= 11 is 6.55. The summed E-state index contributed by atoms with van der Waals surface area (Å²) in [7, 11) is 0. The molecule has 4 rings (SSSR count). The first-order chi connectivity index (χ1) is 13.5. The van der Waals surface area contributed by atoms with Gasteiger partial charge in [0.2, 0.25) is 0 Å². The lowest BCUT2D eigenvalue weighted by Gasteiger charge is -2.13. The molecule has 1 aromatic heterocycles. The van der Waals surface area contributed by atoms with Crippen molar-refractivity contribution in [3.05, 3.63) is 59.0 Å². The fraction of sp³-hybridized carbons (Fsp3) is 0.143. The lowest BCUT2D eigenvalue weighted by Crippen LogP contribution is -2.29. The molecule has 1 N–H and O–H groups in total. The molecular weight excluding hydrogens is 392 g/mol. The summed E-state index contributed by atoms with van der Waals surface area (Å²) in [5.41, 5.74) is 2.59. The molecule has 28 heavy (non-hydrogen) atoms. The van der Waals surface area contributed by atoms with Crippen LogP contribution >= 0.6 is 24.0 Å². The molecule has 0 radical (unpaired) electrons. The number of thioether (sulfide) groups is 1. The molecule has 0 spiro atoms. The number of carbonyl (C=O) groups excluding carboxylic acids is 1. The van der Waals surface area contributed by atoms with Gasteiger partial charge in [0, 0.05) is 29.3 Å². The van der Waals surface area contributed by atoms with Gasteiger partial charge in [-0.05, 0) is 24.6 Å². The topological polar surface area (TPSA) is 70.5 Å². The number of fused-ring (bicyclic) bond motifs is 2. The molecule has 1 fully saturated rings. The first kappa shape index (κ1) is 18.6. The Kier molecular flexibility index (Phi) is 5.11. The number of hydrogen-bond donors (Lipinski definition) is 1. The summed E-state index contributed by atoms with van der Waals surface area (Å²) in [6.07, 6.45) is 2.20. The van der Waals surface area contributed by atoms with Crippen molar-refractivity contribution in [1.29, 1.82) is 0 Å². The number of benzene rings is 2. The monoisotopic (exact) mass is 408 g/mol. The maximum atomic E-state index is 12.7. The van der Waals surface area contributed by atoms with Crippen LogP contribution in [0.5, 0.6) is 0 Å². The van der Waals surface area contributed by atoms with Crippen LogP contribution in [-0.4, -0.2) is 37.7 Å². The summed E-state index contributed by atoms with van der Waals surface area (Å²) in [5, 5.41) is 10.9. The van der Waals surface area contributed by atoms with Gasteiger partial charge < -0.3 is 5.11 Å². The highest BCUT2D eigenvalue weighted by Gasteiger charge is 2.31. The van der Waals surface area contributed by atoms with Crippen molar-refractivity contribution in [2.45, 2.75) is 12.8 Å². The molecule has 5 nitrogen and oxygen atoms in total. The molecule has 0 unspecified atom stereocenters. The van der Waals surface area contributed by atoms with Crippen LogP contribution in [0.15, 0.2) is 53.4 Å². The van der Waals surface area contributed by atoms with E-state index in [0.29, 0.717) is 22.2 Å². The van der Waals surface area contributed by atoms with E-state index in [2.05, 4.69) is 6.07 Å². The molecular formula is C21H16N2O3S2. The van der Waals surface area contributed by atoms with Crippen molar-refractivity contribution in [3.8, 4) is 0 Å². The quantitative estimate of drug-likeness (QED) is 0.382. The molecule has 1 aliphatic heterocycles. The van der Waals surface area contributed by atoms with Crippen LogP contribution in [0.2, 0.25) is 0 Å². The van der Waals surface area contributed by atoms with Crippen LogP contribution < -0.4 is 0 Å². The van der Waals surface area contributed by atoms with Crippen molar-refractivity contribution < 1.29 is 14.7 Å². The molecule has 2 aromatic carbocycles. The number of para-hydroxylation sites is 2. The fourth-order valence-corrected chi connectivity index (χ4v) is 4.46. The van der Waals surface area contributed by atoms with Gasteiger partial charge in [0.05, 0.1) is 15.9 Å². The van der Waals surface area contributed by atoms with E-state index in [4.69, 9.17) is 22.3 Å². The highest BCUT2D eigenvalue weighted by molar-refractivity contribution is 8.26. The Bertz CT molecular complexity index is 1160. The van der Waals surface area contributed by atoms with E-state index in [0.717, 1.165) is 27.4 Å². The third kappa shape index (κ3) is 3.63. The minimum absolute atomic E-state index is 0.0103. The summed E-state index contributed by atoms with van der Waals surface area (Å²) in [6, 6.07) is 15.9. The second-order valence-electron chi connectivity index (χ2n) is 6.43. The van der Waals surface area contributed by atoms with E-state index in [1.165, 1.54) is 16.7 Å². The number of aromatic nitrogens is 1. The normalized spacial score (nSPS) is 15.9. The summed E-state index contributed by atoms with van der Waals surface area (Å²) < 4.78 is 0.459. The highest BCUT2D eigenvalue weighted by atomic mass is 32.2. The Morgan fingerprint density at radius 2 is 1.96 bits per heavy atom. The molecule has 140 valence electrons. The van der Waals surface area contributed by atoms with E-state index in [1.807, 2.05) is 48.5 Å². The minimum atomic E-state index is -0.880. The van der Waals surface area contributed by atoms with Crippen LogP contribution in [0.3, 0.4) is 0 Å². The Morgan fingerprint density at radius 3 is 2.79 bits per heavy atom. The molecule has 0 bridgehead atoms. The van der Waals surface area contributed by atoms with Crippen molar-refractivity contribution in [1.82, 2.24) is 9.88 Å². The maximum absolute atomic E-state index is 12.7. The average Bonchev–Trinajstić information content (AvgIpc) is 2.94. The van der Waals surface area contributed by atoms with Gasteiger partial charge in [0.25, 0.3) is 5.91 Å². The van der Waals surface area contributed by atoms with Crippen molar-refractivity contribution in [2.75, 3.05) is 6.54 Å². The van der Waals surface area contributed by atoms with Gasteiger partial charge in [-0.15, -0.1) is 0 Å². The standard InChI is InChI=1S/C21H16N2O3S2/c24-18(25)9-4-10-23-20(26)17(28-21(23)27)12-15-7-3-6-14-11-13-5-1-2-8-16(13)22-19(14)15/h1-3,5-8,11-12H,4,9-10H2,(H,24,25)/b17-12-. The van der Waals surface area contributed by atoms with E-state index in [1.54, 1.807) is 0 Å². The van der Waals surface area contributed by atoms with Crippen LogP contribution in [0.25, 0.3) is 27.9 Å². The number of thiocarbonyl (C=S) groups is 1. The number of carboxylic acid groups (broad SMARTS) is 1. The van der Waals surface area contributed by atoms with Gasteiger partial charge in [0.1, 0.15) is 4.32 Å². The molecule has 7 heteroatoms. The number of pyridine rings is 1. The minimum Gasteiger partial charge on any atom is -0.481 e. The summed E-state index contributed by atoms with van der Waals surface area (Å²) in [4.78, 5) is 30.2. The Morgan fingerprint density at radius 1 is 1.18 bits per heavy atom. The summed E-state index contributed by atoms with van der Waals surface area (Å²) in [5.74, 6) is -1.06.